The first kappa shape index (κ1) is 10.8. The van der Waals surface area contributed by atoms with Gasteiger partial charge in [0.25, 0.3) is 0 Å². The monoisotopic (exact) mass is 254 g/mol. The van der Waals surface area contributed by atoms with E-state index in [0.29, 0.717) is 6.04 Å². The third-order valence-corrected chi connectivity index (χ3v) is 4.20. The average Bonchev–Trinajstić information content (AvgIpc) is 3.07. The molecule has 0 aromatic carbocycles. The molecule has 3 unspecified atom stereocenters. The van der Waals surface area contributed by atoms with Gasteiger partial charge >= 0.3 is 0 Å². The van der Waals surface area contributed by atoms with Gasteiger partial charge in [0.1, 0.15) is 23.8 Å². The molecule has 96 valence electrons. The van der Waals surface area contributed by atoms with Gasteiger partial charge in [0.15, 0.2) is 0 Å². The molecular formula is C13H14N6. The van der Waals surface area contributed by atoms with E-state index in [1.807, 2.05) is 12.3 Å². The number of aromatic nitrogens is 3. The van der Waals surface area contributed by atoms with Crippen LogP contribution in [-0.4, -0.2) is 51.6 Å². The number of nitriles is 1. The van der Waals surface area contributed by atoms with Crippen LogP contribution in [0.2, 0.25) is 0 Å². The zero-order valence-corrected chi connectivity index (χ0v) is 10.5. The molecule has 2 saturated heterocycles. The Morgan fingerprint density at radius 3 is 3.21 bits per heavy atom. The van der Waals surface area contributed by atoms with E-state index < -0.39 is 0 Å². The maximum Gasteiger partial charge on any atom is 0.142 e. The molecule has 1 N–H and O–H groups in total. The summed E-state index contributed by atoms with van der Waals surface area (Å²) >= 11 is 0. The molecule has 0 aliphatic carbocycles. The lowest BCUT2D eigenvalue weighted by molar-refractivity contribution is 0.259. The van der Waals surface area contributed by atoms with Crippen LogP contribution in [-0.2, 0) is 0 Å². The molecule has 2 bridgehead atoms. The van der Waals surface area contributed by atoms with Crippen molar-refractivity contribution in [2.75, 3.05) is 24.5 Å². The fourth-order valence-corrected chi connectivity index (χ4v) is 3.23. The maximum absolute atomic E-state index is 9.29. The van der Waals surface area contributed by atoms with Crippen molar-refractivity contribution in [1.82, 2.24) is 19.9 Å². The van der Waals surface area contributed by atoms with Crippen LogP contribution in [0.5, 0.6) is 0 Å². The highest BCUT2D eigenvalue weighted by Crippen LogP contribution is 2.31. The van der Waals surface area contributed by atoms with Gasteiger partial charge in [-0.1, -0.05) is 0 Å². The van der Waals surface area contributed by atoms with Crippen molar-refractivity contribution in [1.29, 1.82) is 5.26 Å². The molecule has 2 fully saturated rings. The molecule has 2 aliphatic heterocycles. The number of aromatic amines is 1. The zero-order valence-electron chi connectivity index (χ0n) is 10.5. The summed E-state index contributed by atoms with van der Waals surface area (Å²) in [6.07, 6.45) is 4.58. The normalized spacial score (nSPS) is 29.6. The lowest BCUT2D eigenvalue weighted by atomic mass is 10.1. The fourth-order valence-electron chi connectivity index (χ4n) is 3.23. The third kappa shape index (κ3) is 1.52. The Labute approximate surface area is 110 Å². The van der Waals surface area contributed by atoms with Crippen LogP contribution < -0.4 is 4.90 Å². The van der Waals surface area contributed by atoms with Crippen LogP contribution in [0, 0.1) is 11.3 Å². The number of nitrogens with one attached hydrogen (secondary N) is 1. The highest BCUT2D eigenvalue weighted by molar-refractivity contribution is 5.87. The van der Waals surface area contributed by atoms with Gasteiger partial charge in [-0.15, -0.1) is 0 Å². The van der Waals surface area contributed by atoms with Gasteiger partial charge in [-0.2, -0.15) is 5.26 Å². The van der Waals surface area contributed by atoms with Crippen molar-refractivity contribution in [3.8, 4) is 6.07 Å². The van der Waals surface area contributed by atoms with Gasteiger partial charge in [0, 0.05) is 31.9 Å². The number of anilines is 1. The van der Waals surface area contributed by atoms with E-state index in [9.17, 15) is 5.26 Å². The first-order valence-electron chi connectivity index (χ1n) is 6.55. The minimum Gasteiger partial charge on any atom is -0.349 e. The predicted molar refractivity (Wildman–Crippen MR) is 70.6 cm³/mol. The second-order valence-corrected chi connectivity index (χ2v) is 5.17. The summed E-state index contributed by atoms with van der Waals surface area (Å²) < 4.78 is 0. The van der Waals surface area contributed by atoms with Crippen molar-refractivity contribution < 1.29 is 0 Å². The molecule has 0 spiro atoms. The van der Waals surface area contributed by atoms with Crippen molar-refractivity contribution in [3.63, 3.8) is 0 Å². The molecule has 0 radical (unpaired) electrons. The maximum atomic E-state index is 9.29. The number of H-pyrrole nitrogens is 1. The molecule has 6 heteroatoms. The number of fused-ring (bicyclic) bond motifs is 3. The lowest BCUT2D eigenvalue weighted by Crippen LogP contribution is -2.52. The Morgan fingerprint density at radius 1 is 1.37 bits per heavy atom. The topological polar surface area (TPSA) is 71.8 Å². The molecule has 4 heterocycles. The minimum absolute atomic E-state index is 0.0253. The summed E-state index contributed by atoms with van der Waals surface area (Å²) in [5.74, 6) is 0.957. The molecule has 3 atom stereocenters. The number of hydrogen-bond donors (Lipinski definition) is 1. The van der Waals surface area contributed by atoms with E-state index in [-0.39, 0.29) is 6.04 Å². The van der Waals surface area contributed by atoms with Gasteiger partial charge in [-0.3, -0.25) is 4.90 Å². The van der Waals surface area contributed by atoms with E-state index in [1.165, 1.54) is 0 Å². The van der Waals surface area contributed by atoms with Crippen LogP contribution in [0.4, 0.5) is 5.82 Å². The zero-order chi connectivity index (χ0) is 12.8. The summed E-state index contributed by atoms with van der Waals surface area (Å²) in [6, 6.07) is 4.86. The molecule has 0 saturated carbocycles. The summed E-state index contributed by atoms with van der Waals surface area (Å²) in [6.45, 7) is 2.72. The minimum atomic E-state index is -0.0253. The van der Waals surface area contributed by atoms with Crippen LogP contribution in [0.1, 0.15) is 6.42 Å². The molecular weight excluding hydrogens is 240 g/mol. The van der Waals surface area contributed by atoms with E-state index in [2.05, 4.69) is 30.8 Å². The molecule has 6 nitrogen and oxygen atoms in total. The standard InChI is InChI=1S/C13H14N6/c14-5-10-7-19(9-2-4-18(10)6-9)13-11-1-3-15-12(11)16-8-17-13/h1,3,8-10H,2,4,6-7H2,(H,15,16,17). The van der Waals surface area contributed by atoms with Crippen LogP contribution >= 0.6 is 0 Å². The predicted octanol–water partition coefficient (Wildman–Crippen LogP) is 0.744. The molecule has 4 rings (SSSR count). The smallest absolute Gasteiger partial charge is 0.142 e. The SMILES string of the molecule is N#CC1CN(c2ncnc3[nH]ccc23)C2CCN1C2. The Morgan fingerprint density at radius 2 is 2.32 bits per heavy atom. The first-order valence-corrected chi connectivity index (χ1v) is 6.55. The fraction of sp³-hybridized carbons (Fsp3) is 0.462. The number of hydrogen-bond acceptors (Lipinski definition) is 5. The van der Waals surface area contributed by atoms with Gasteiger partial charge in [0.2, 0.25) is 0 Å². The summed E-state index contributed by atoms with van der Waals surface area (Å²) in [5.41, 5.74) is 0.860. The summed E-state index contributed by atoms with van der Waals surface area (Å²) in [5, 5.41) is 10.3. The second kappa shape index (κ2) is 3.93. The highest BCUT2D eigenvalue weighted by Gasteiger charge is 2.39. The largest absolute Gasteiger partial charge is 0.349 e. The summed E-state index contributed by atoms with van der Waals surface area (Å²) in [7, 11) is 0. The molecule has 2 aromatic heterocycles. The molecule has 2 aromatic rings. The Balaban J connectivity index is 1.79. The van der Waals surface area contributed by atoms with Gasteiger partial charge in [-0.05, 0) is 12.5 Å². The first-order chi connectivity index (χ1) is 9.36. The van der Waals surface area contributed by atoms with E-state index in [0.717, 1.165) is 42.9 Å². The lowest BCUT2D eigenvalue weighted by Gasteiger charge is -2.38. The van der Waals surface area contributed by atoms with Crippen LogP contribution in [0.3, 0.4) is 0 Å². The van der Waals surface area contributed by atoms with Crippen LogP contribution in [0.15, 0.2) is 18.6 Å². The Kier molecular flexibility index (Phi) is 2.23. The van der Waals surface area contributed by atoms with Crippen LogP contribution in [0.25, 0.3) is 11.0 Å². The Bertz CT molecular complexity index is 656. The van der Waals surface area contributed by atoms with Crippen molar-refractivity contribution in [3.05, 3.63) is 18.6 Å². The second-order valence-electron chi connectivity index (χ2n) is 5.17. The molecule has 0 amide bonds. The van der Waals surface area contributed by atoms with Crippen molar-refractivity contribution >= 4 is 16.9 Å². The van der Waals surface area contributed by atoms with E-state index in [4.69, 9.17) is 0 Å². The van der Waals surface area contributed by atoms with Crippen molar-refractivity contribution in [2.45, 2.75) is 18.5 Å². The Hall–Kier alpha value is -2.13. The van der Waals surface area contributed by atoms with E-state index in [1.54, 1.807) is 6.33 Å². The number of piperazine rings is 1. The molecule has 2 aliphatic rings. The van der Waals surface area contributed by atoms with Crippen molar-refractivity contribution in [2.24, 2.45) is 0 Å². The number of rotatable bonds is 1. The average molecular weight is 254 g/mol. The van der Waals surface area contributed by atoms with E-state index >= 15 is 0 Å². The van der Waals surface area contributed by atoms with Gasteiger partial charge in [-0.25, -0.2) is 9.97 Å². The van der Waals surface area contributed by atoms with Gasteiger partial charge in [0.05, 0.1) is 11.5 Å². The quantitative estimate of drug-likeness (QED) is 0.813. The molecule has 19 heavy (non-hydrogen) atoms. The number of nitrogens with zero attached hydrogens (tertiary/aromatic N) is 5. The summed E-state index contributed by atoms with van der Waals surface area (Å²) in [4.78, 5) is 16.4. The highest BCUT2D eigenvalue weighted by atomic mass is 15.4. The van der Waals surface area contributed by atoms with Gasteiger partial charge < -0.3 is 9.88 Å². The third-order valence-electron chi connectivity index (χ3n) is 4.20.